The van der Waals surface area contributed by atoms with Gasteiger partial charge in [0.1, 0.15) is 0 Å². The summed E-state index contributed by atoms with van der Waals surface area (Å²) in [5.41, 5.74) is 4.08. The maximum absolute atomic E-state index is 5.57. The molecule has 1 N–H and O–H groups in total. The minimum atomic E-state index is 0.895. The highest BCUT2D eigenvalue weighted by Crippen LogP contribution is 2.10. The summed E-state index contributed by atoms with van der Waals surface area (Å²) in [5, 5.41) is 4.31. The third-order valence-corrected chi connectivity index (χ3v) is 5.08. The Balaban J connectivity index is 1.38. The summed E-state index contributed by atoms with van der Waals surface area (Å²) in [6, 6.07) is 19.3. The first-order chi connectivity index (χ1) is 12.2. The highest BCUT2D eigenvalue weighted by atomic mass is 32.1. The number of hydrogen-bond acceptors (Lipinski definition) is 2. The molecule has 3 nitrogen and oxygen atoms in total. The summed E-state index contributed by atoms with van der Waals surface area (Å²) >= 11 is 5.57. The first-order valence-corrected chi connectivity index (χ1v) is 9.46. The molecule has 0 aliphatic carbocycles. The largest absolute Gasteiger partial charge is 0.362 e. The van der Waals surface area contributed by atoms with Crippen molar-refractivity contribution in [1.82, 2.24) is 15.1 Å². The quantitative estimate of drug-likeness (QED) is 0.832. The molecule has 0 amide bonds. The lowest BCUT2D eigenvalue weighted by Crippen LogP contribution is -2.51. The zero-order chi connectivity index (χ0) is 17.5. The van der Waals surface area contributed by atoms with Crippen molar-refractivity contribution >= 4 is 17.3 Å². The predicted octanol–water partition coefficient (Wildman–Crippen LogP) is 3.23. The molecule has 1 aliphatic heterocycles. The van der Waals surface area contributed by atoms with Crippen LogP contribution in [0.25, 0.3) is 0 Å². The van der Waals surface area contributed by atoms with Gasteiger partial charge in [0.15, 0.2) is 5.11 Å². The zero-order valence-corrected chi connectivity index (χ0v) is 15.8. The van der Waals surface area contributed by atoms with Gasteiger partial charge in [-0.15, -0.1) is 0 Å². The Bertz CT molecular complexity index is 679. The van der Waals surface area contributed by atoms with Crippen molar-refractivity contribution in [3.05, 3.63) is 71.3 Å². The SMILES string of the molecule is Cc1cccc(CN2CCN(C(=S)NCCc3ccccc3)CC2)c1. The summed E-state index contributed by atoms with van der Waals surface area (Å²) in [4.78, 5) is 4.81. The molecule has 1 saturated heterocycles. The number of hydrogen-bond donors (Lipinski definition) is 1. The van der Waals surface area contributed by atoms with Crippen LogP contribution >= 0.6 is 12.2 Å². The maximum Gasteiger partial charge on any atom is 0.169 e. The van der Waals surface area contributed by atoms with Gasteiger partial charge in [-0.1, -0.05) is 60.2 Å². The predicted molar refractivity (Wildman–Crippen MR) is 109 cm³/mol. The lowest BCUT2D eigenvalue weighted by molar-refractivity contribution is 0.174. The van der Waals surface area contributed by atoms with E-state index in [9.17, 15) is 0 Å². The third kappa shape index (κ3) is 5.55. The number of rotatable bonds is 5. The molecule has 2 aromatic carbocycles. The Kier molecular flexibility index (Phi) is 6.42. The number of nitrogens with one attached hydrogen (secondary N) is 1. The van der Waals surface area contributed by atoms with Crippen molar-refractivity contribution in [3.63, 3.8) is 0 Å². The van der Waals surface area contributed by atoms with Gasteiger partial charge in [0, 0.05) is 39.3 Å². The van der Waals surface area contributed by atoms with Crippen molar-refractivity contribution in [1.29, 1.82) is 0 Å². The Morgan fingerprint density at radius 3 is 2.40 bits per heavy atom. The van der Waals surface area contributed by atoms with Crippen LogP contribution in [0.15, 0.2) is 54.6 Å². The molecular weight excluding hydrogens is 326 g/mol. The first kappa shape index (κ1) is 17.9. The fourth-order valence-electron chi connectivity index (χ4n) is 3.25. The zero-order valence-electron chi connectivity index (χ0n) is 14.9. The van der Waals surface area contributed by atoms with Gasteiger partial charge in [0.25, 0.3) is 0 Å². The number of thiocarbonyl (C=S) groups is 1. The van der Waals surface area contributed by atoms with Crippen LogP contribution < -0.4 is 5.32 Å². The summed E-state index contributed by atoms with van der Waals surface area (Å²) in [6.07, 6.45) is 1.01. The maximum atomic E-state index is 5.57. The van der Waals surface area contributed by atoms with Gasteiger partial charge >= 0.3 is 0 Å². The van der Waals surface area contributed by atoms with E-state index in [0.717, 1.165) is 50.8 Å². The van der Waals surface area contributed by atoms with Crippen LogP contribution in [0.2, 0.25) is 0 Å². The molecule has 132 valence electrons. The molecule has 2 aromatic rings. The van der Waals surface area contributed by atoms with Crippen LogP contribution in [0.4, 0.5) is 0 Å². The van der Waals surface area contributed by atoms with E-state index < -0.39 is 0 Å². The van der Waals surface area contributed by atoms with E-state index in [1.165, 1.54) is 16.7 Å². The minimum absolute atomic E-state index is 0.895. The van der Waals surface area contributed by atoms with Gasteiger partial charge in [-0.3, -0.25) is 4.90 Å². The van der Waals surface area contributed by atoms with Crippen LogP contribution in [0, 0.1) is 6.92 Å². The molecule has 1 fully saturated rings. The topological polar surface area (TPSA) is 18.5 Å². The molecule has 1 aliphatic rings. The second kappa shape index (κ2) is 8.97. The fraction of sp³-hybridized carbons (Fsp3) is 0.381. The monoisotopic (exact) mass is 353 g/mol. The van der Waals surface area contributed by atoms with Gasteiger partial charge in [0.2, 0.25) is 0 Å². The second-order valence-electron chi connectivity index (χ2n) is 6.72. The molecule has 4 heteroatoms. The van der Waals surface area contributed by atoms with Crippen LogP contribution in [0.5, 0.6) is 0 Å². The number of nitrogens with zero attached hydrogens (tertiary/aromatic N) is 2. The number of benzene rings is 2. The molecule has 1 heterocycles. The third-order valence-electron chi connectivity index (χ3n) is 4.68. The second-order valence-corrected chi connectivity index (χ2v) is 7.11. The van der Waals surface area contributed by atoms with E-state index in [4.69, 9.17) is 12.2 Å². The molecule has 25 heavy (non-hydrogen) atoms. The Labute approximate surface area is 156 Å². The van der Waals surface area contributed by atoms with Gasteiger partial charge in [-0.05, 0) is 36.7 Å². The van der Waals surface area contributed by atoms with Gasteiger partial charge in [0.05, 0.1) is 0 Å². The summed E-state index contributed by atoms with van der Waals surface area (Å²) < 4.78 is 0. The lowest BCUT2D eigenvalue weighted by atomic mass is 10.1. The van der Waals surface area contributed by atoms with Gasteiger partial charge < -0.3 is 10.2 Å². The van der Waals surface area contributed by atoms with Crippen LogP contribution in [0.1, 0.15) is 16.7 Å². The Morgan fingerprint density at radius 1 is 0.960 bits per heavy atom. The number of aryl methyl sites for hydroxylation is 1. The standard InChI is InChI=1S/C21H27N3S/c1-18-6-5-9-20(16-18)17-23-12-14-24(15-13-23)21(25)22-11-10-19-7-3-2-4-8-19/h2-9,16H,10-15,17H2,1H3,(H,22,25). The molecule has 3 rings (SSSR count). The van der Waals surface area contributed by atoms with E-state index in [0.29, 0.717) is 0 Å². The average molecular weight is 354 g/mol. The van der Waals surface area contributed by atoms with E-state index >= 15 is 0 Å². The van der Waals surface area contributed by atoms with Crippen molar-refractivity contribution in [2.24, 2.45) is 0 Å². The average Bonchev–Trinajstić information content (AvgIpc) is 2.63. The first-order valence-electron chi connectivity index (χ1n) is 9.05. The van der Waals surface area contributed by atoms with E-state index in [-0.39, 0.29) is 0 Å². The molecule has 0 radical (unpaired) electrons. The molecule has 0 atom stereocenters. The van der Waals surface area contributed by atoms with E-state index in [1.54, 1.807) is 0 Å². The van der Waals surface area contributed by atoms with E-state index in [1.807, 2.05) is 0 Å². The summed E-state index contributed by atoms with van der Waals surface area (Å²) in [5.74, 6) is 0. The summed E-state index contributed by atoms with van der Waals surface area (Å²) in [7, 11) is 0. The molecule has 0 spiro atoms. The summed E-state index contributed by atoms with van der Waals surface area (Å²) in [6.45, 7) is 8.21. The Hall–Kier alpha value is -1.91. The lowest BCUT2D eigenvalue weighted by Gasteiger charge is -2.36. The molecular formula is C21H27N3S. The molecule has 0 unspecified atom stereocenters. The highest BCUT2D eigenvalue weighted by Gasteiger charge is 2.18. The molecule has 0 aromatic heterocycles. The van der Waals surface area contributed by atoms with Crippen LogP contribution in [-0.2, 0) is 13.0 Å². The molecule has 0 bridgehead atoms. The van der Waals surface area contributed by atoms with Gasteiger partial charge in [-0.25, -0.2) is 0 Å². The fourth-order valence-corrected chi connectivity index (χ4v) is 3.53. The normalized spacial score (nSPS) is 15.2. The van der Waals surface area contributed by atoms with Gasteiger partial charge in [-0.2, -0.15) is 0 Å². The number of piperazine rings is 1. The van der Waals surface area contributed by atoms with Crippen LogP contribution in [-0.4, -0.2) is 47.6 Å². The van der Waals surface area contributed by atoms with Crippen molar-refractivity contribution in [2.75, 3.05) is 32.7 Å². The Morgan fingerprint density at radius 2 is 1.68 bits per heavy atom. The minimum Gasteiger partial charge on any atom is -0.362 e. The van der Waals surface area contributed by atoms with Crippen LogP contribution in [0.3, 0.4) is 0 Å². The van der Waals surface area contributed by atoms with Crippen molar-refractivity contribution in [2.45, 2.75) is 19.9 Å². The molecule has 0 saturated carbocycles. The van der Waals surface area contributed by atoms with E-state index in [2.05, 4.69) is 76.6 Å². The smallest absolute Gasteiger partial charge is 0.169 e. The van der Waals surface area contributed by atoms with Crippen molar-refractivity contribution in [3.8, 4) is 0 Å². The van der Waals surface area contributed by atoms with Crippen molar-refractivity contribution < 1.29 is 0 Å². The highest BCUT2D eigenvalue weighted by molar-refractivity contribution is 7.80.